The number of hydrogen-bond acceptors (Lipinski definition) is 6. The molecule has 0 aromatic rings. The molecule has 1 unspecified atom stereocenters. The fourth-order valence-corrected chi connectivity index (χ4v) is 6.54. The minimum atomic E-state index is -0.761. The highest BCUT2D eigenvalue weighted by Gasteiger charge is 2.19. The van der Waals surface area contributed by atoms with Crippen molar-refractivity contribution < 1.29 is 28.6 Å². The van der Waals surface area contributed by atoms with E-state index in [1.807, 2.05) is 0 Å². The van der Waals surface area contributed by atoms with Gasteiger partial charge in [-0.2, -0.15) is 0 Å². The van der Waals surface area contributed by atoms with Crippen molar-refractivity contribution in [3.05, 3.63) is 0 Å². The van der Waals surface area contributed by atoms with Gasteiger partial charge in [0, 0.05) is 19.3 Å². The van der Waals surface area contributed by atoms with Gasteiger partial charge in [-0.25, -0.2) is 0 Å². The van der Waals surface area contributed by atoms with Crippen LogP contribution in [0.2, 0.25) is 0 Å². The van der Waals surface area contributed by atoms with Crippen molar-refractivity contribution in [2.24, 2.45) is 11.8 Å². The molecule has 6 nitrogen and oxygen atoms in total. The number of esters is 3. The first kappa shape index (κ1) is 49.4. The molecule has 0 saturated carbocycles. The zero-order chi connectivity index (χ0) is 37.6. The molecule has 0 N–H and O–H groups in total. The van der Waals surface area contributed by atoms with Gasteiger partial charge in [-0.3, -0.25) is 14.4 Å². The molecule has 0 aromatic carbocycles. The quantitative estimate of drug-likeness (QED) is 0.0357. The average molecular weight is 723 g/mol. The van der Waals surface area contributed by atoms with Crippen molar-refractivity contribution >= 4 is 17.9 Å². The van der Waals surface area contributed by atoms with E-state index in [1.54, 1.807) is 0 Å². The monoisotopic (exact) mass is 723 g/mol. The summed E-state index contributed by atoms with van der Waals surface area (Å²) in [6.07, 6.45) is 35.3. The van der Waals surface area contributed by atoms with Crippen LogP contribution in [0.1, 0.15) is 240 Å². The Hall–Kier alpha value is -1.59. The van der Waals surface area contributed by atoms with Crippen LogP contribution < -0.4 is 0 Å². The van der Waals surface area contributed by atoms with Crippen molar-refractivity contribution in [3.63, 3.8) is 0 Å². The molecule has 6 heteroatoms. The van der Waals surface area contributed by atoms with Gasteiger partial charge in [-0.1, -0.05) is 202 Å². The number of carbonyl (C=O) groups excluding carboxylic acids is 3. The predicted molar refractivity (Wildman–Crippen MR) is 215 cm³/mol. The second kappa shape index (κ2) is 38.1. The summed E-state index contributed by atoms with van der Waals surface area (Å²) >= 11 is 0. The highest BCUT2D eigenvalue weighted by Crippen LogP contribution is 2.17. The maximum absolute atomic E-state index is 12.7. The molecule has 0 heterocycles. The minimum absolute atomic E-state index is 0.0669. The van der Waals surface area contributed by atoms with Gasteiger partial charge in [0.2, 0.25) is 0 Å². The lowest BCUT2D eigenvalue weighted by Crippen LogP contribution is -2.30. The summed E-state index contributed by atoms with van der Waals surface area (Å²) in [7, 11) is 0. The summed E-state index contributed by atoms with van der Waals surface area (Å²) in [6.45, 7) is 11.2. The fraction of sp³-hybridized carbons (Fsp3) is 0.933. The van der Waals surface area contributed by atoms with Crippen molar-refractivity contribution in [1.29, 1.82) is 0 Å². The maximum atomic E-state index is 12.7. The topological polar surface area (TPSA) is 78.9 Å². The SMILES string of the molecule is CCCCCCCCCCCCCCCCC(=O)O[C@@H](COC(=O)CCCCCCCCC(C)C)COC(=O)CCCCCCCCC(C)CC. The highest BCUT2D eigenvalue weighted by molar-refractivity contribution is 5.71. The van der Waals surface area contributed by atoms with Gasteiger partial charge in [0.15, 0.2) is 6.10 Å². The summed E-state index contributed by atoms with van der Waals surface area (Å²) in [5.74, 6) is 0.712. The molecule has 0 bridgehead atoms. The van der Waals surface area contributed by atoms with Gasteiger partial charge < -0.3 is 14.2 Å². The van der Waals surface area contributed by atoms with E-state index >= 15 is 0 Å². The van der Waals surface area contributed by atoms with E-state index in [1.165, 1.54) is 128 Å². The summed E-state index contributed by atoms with van der Waals surface area (Å²) in [5, 5.41) is 0. The molecule has 51 heavy (non-hydrogen) atoms. The molecule has 0 amide bonds. The minimum Gasteiger partial charge on any atom is -0.462 e. The Bertz CT molecular complexity index is 781. The van der Waals surface area contributed by atoms with E-state index in [4.69, 9.17) is 14.2 Å². The molecule has 0 spiro atoms. The van der Waals surface area contributed by atoms with E-state index in [-0.39, 0.29) is 31.1 Å². The molecule has 0 aliphatic carbocycles. The normalized spacial score (nSPS) is 12.6. The molecule has 0 rings (SSSR count). The molecule has 2 atom stereocenters. The van der Waals surface area contributed by atoms with Crippen LogP contribution in [0.4, 0.5) is 0 Å². The van der Waals surface area contributed by atoms with Crippen LogP contribution in [0.5, 0.6) is 0 Å². The van der Waals surface area contributed by atoms with Crippen LogP contribution in [-0.2, 0) is 28.6 Å². The van der Waals surface area contributed by atoms with Crippen LogP contribution in [0.15, 0.2) is 0 Å². The Morgan fingerprint density at radius 1 is 0.412 bits per heavy atom. The number of carbonyl (C=O) groups is 3. The van der Waals surface area contributed by atoms with E-state index in [0.717, 1.165) is 69.6 Å². The first-order valence-electron chi connectivity index (χ1n) is 22.3. The largest absolute Gasteiger partial charge is 0.462 e. The maximum Gasteiger partial charge on any atom is 0.306 e. The lowest BCUT2D eigenvalue weighted by molar-refractivity contribution is -0.167. The molecule has 0 aromatic heterocycles. The molecule has 0 aliphatic heterocycles. The average Bonchev–Trinajstić information content (AvgIpc) is 3.11. The summed E-state index contributed by atoms with van der Waals surface area (Å²) in [5.41, 5.74) is 0. The zero-order valence-electron chi connectivity index (χ0n) is 34.7. The second-order valence-corrected chi connectivity index (χ2v) is 16.1. The Morgan fingerprint density at radius 2 is 0.745 bits per heavy atom. The third-order valence-corrected chi connectivity index (χ3v) is 10.3. The molecule has 0 aliphatic rings. The van der Waals surface area contributed by atoms with Gasteiger partial charge >= 0.3 is 17.9 Å². The fourth-order valence-electron chi connectivity index (χ4n) is 6.54. The highest BCUT2D eigenvalue weighted by atomic mass is 16.6. The zero-order valence-corrected chi connectivity index (χ0v) is 34.7. The third-order valence-electron chi connectivity index (χ3n) is 10.3. The Kier molecular flexibility index (Phi) is 37.0. The molecule has 0 saturated heterocycles. The number of ether oxygens (including phenoxy) is 3. The Labute approximate surface area is 317 Å². The Balaban J connectivity index is 4.33. The smallest absolute Gasteiger partial charge is 0.306 e. The van der Waals surface area contributed by atoms with Gasteiger partial charge in [-0.05, 0) is 31.1 Å². The van der Waals surface area contributed by atoms with Crippen molar-refractivity contribution in [3.8, 4) is 0 Å². The number of hydrogen-bond donors (Lipinski definition) is 0. The predicted octanol–water partition coefficient (Wildman–Crippen LogP) is 13.8. The van der Waals surface area contributed by atoms with Crippen molar-refractivity contribution in [2.75, 3.05) is 13.2 Å². The molecule has 302 valence electrons. The van der Waals surface area contributed by atoms with E-state index < -0.39 is 6.10 Å². The van der Waals surface area contributed by atoms with Gasteiger partial charge in [0.05, 0.1) is 0 Å². The van der Waals surface area contributed by atoms with E-state index in [2.05, 4.69) is 34.6 Å². The lowest BCUT2D eigenvalue weighted by atomic mass is 10.00. The van der Waals surface area contributed by atoms with Crippen LogP contribution >= 0.6 is 0 Å². The molecule has 0 fully saturated rings. The molecular formula is C45H86O6. The third kappa shape index (κ3) is 38.0. The standard InChI is InChI=1S/C45H86O6/c1-6-8-9-10-11-12-13-14-15-16-17-18-27-32-37-45(48)51-42(38-49-43(46)35-30-25-21-19-23-28-33-40(3)4)39-50-44(47)36-31-26-22-20-24-29-34-41(5)7-2/h40-42H,6-39H2,1-5H3/t41?,42-/m0/s1. The van der Waals surface area contributed by atoms with Crippen molar-refractivity contribution in [2.45, 2.75) is 246 Å². The first-order valence-corrected chi connectivity index (χ1v) is 22.3. The van der Waals surface area contributed by atoms with Gasteiger partial charge in [0.25, 0.3) is 0 Å². The van der Waals surface area contributed by atoms with Gasteiger partial charge in [-0.15, -0.1) is 0 Å². The summed E-state index contributed by atoms with van der Waals surface area (Å²) in [6, 6.07) is 0. The van der Waals surface area contributed by atoms with Crippen LogP contribution in [0.3, 0.4) is 0 Å². The lowest BCUT2D eigenvalue weighted by Gasteiger charge is -2.18. The van der Waals surface area contributed by atoms with Crippen LogP contribution in [-0.4, -0.2) is 37.2 Å². The summed E-state index contributed by atoms with van der Waals surface area (Å²) in [4.78, 5) is 37.6. The number of unbranched alkanes of at least 4 members (excludes halogenated alkanes) is 23. The van der Waals surface area contributed by atoms with Crippen LogP contribution in [0, 0.1) is 11.8 Å². The summed E-state index contributed by atoms with van der Waals surface area (Å²) < 4.78 is 16.7. The first-order chi connectivity index (χ1) is 24.8. The molecular weight excluding hydrogens is 636 g/mol. The second-order valence-electron chi connectivity index (χ2n) is 16.1. The molecule has 0 radical (unpaired) electrons. The van der Waals surface area contributed by atoms with E-state index in [9.17, 15) is 14.4 Å². The number of rotatable bonds is 39. The Morgan fingerprint density at radius 3 is 1.12 bits per heavy atom. The van der Waals surface area contributed by atoms with Crippen LogP contribution in [0.25, 0.3) is 0 Å². The van der Waals surface area contributed by atoms with Gasteiger partial charge in [0.1, 0.15) is 13.2 Å². The van der Waals surface area contributed by atoms with E-state index in [0.29, 0.717) is 19.3 Å². The van der Waals surface area contributed by atoms with Crippen molar-refractivity contribution in [1.82, 2.24) is 0 Å².